The van der Waals surface area contributed by atoms with Gasteiger partial charge in [-0.1, -0.05) is 25.5 Å². The molecule has 0 N–H and O–H groups in total. The molecule has 28 heavy (non-hydrogen) atoms. The Kier molecular flexibility index (Phi) is 6.85. The third-order valence-corrected chi connectivity index (χ3v) is 4.94. The van der Waals surface area contributed by atoms with Gasteiger partial charge in [0.15, 0.2) is 0 Å². The maximum Gasteiger partial charge on any atom is 0.227 e. The van der Waals surface area contributed by atoms with Crippen LogP contribution < -0.4 is 9.64 Å². The van der Waals surface area contributed by atoms with Crippen molar-refractivity contribution in [1.29, 1.82) is 5.26 Å². The number of ether oxygens (including phenoxy) is 1. The number of amides is 1. The summed E-state index contributed by atoms with van der Waals surface area (Å²) in [5.41, 5.74) is 2.46. The summed E-state index contributed by atoms with van der Waals surface area (Å²) in [6, 6.07) is 11.7. The first kappa shape index (κ1) is 19.7. The molecule has 1 aliphatic heterocycles. The predicted octanol–water partition coefficient (Wildman–Crippen LogP) is 3.02. The topological polar surface area (TPSA) is 69.5 Å². The molecule has 1 aromatic heterocycles. The number of nitriles is 1. The van der Waals surface area contributed by atoms with Gasteiger partial charge in [-0.05, 0) is 30.2 Å². The van der Waals surface area contributed by atoms with Gasteiger partial charge in [-0.15, -0.1) is 0 Å². The molecule has 1 aliphatic rings. The average molecular weight is 378 g/mol. The van der Waals surface area contributed by atoms with E-state index in [0.717, 1.165) is 36.4 Å². The number of benzene rings is 1. The van der Waals surface area contributed by atoms with Crippen LogP contribution in [-0.4, -0.2) is 48.6 Å². The monoisotopic (exact) mass is 378 g/mol. The first-order valence-electron chi connectivity index (χ1n) is 9.80. The number of hydrogen-bond acceptors (Lipinski definition) is 5. The van der Waals surface area contributed by atoms with Gasteiger partial charge in [0.25, 0.3) is 0 Å². The molecule has 6 heteroatoms. The highest BCUT2D eigenvalue weighted by atomic mass is 16.5. The number of hydrogen-bond donors (Lipinski definition) is 0. The van der Waals surface area contributed by atoms with Crippen LogP contribution >= 0.6 is 0 Å². The lowest BCUT2D eigenvalue weighted by Gasteiger charge is -2.36. The maximum atomic E-state index is 12.6. The Morgan fingerprint density at radius 3 is 2.61 bits per heavy atom. The van der Waals surface area contributed by atoms with Gasteiger partial charge in [-0.3, -0.25) is 9.78 Å². The summed E-state index contributed by atoms with van der Waals surface area (Å²) >= 11 is 0. The van der Waals surface area contributed by atoms with Gasteiger partial charge in [0.05, 0.1) is 30.5 Å². The minimum Gasteiger partial charge on any atom is -0.494 e. The van der Waals surface area contributed by atoms with E-state index >= 15 is 0 Å². The van der Waals surface area contributed by atoms with E-state index in [0.29, 0.717) is 38.2 Å². The second-order valence-electron chi connectivity index (χ2n) is 6.90. The van der Waals surface area contributed by atoms with E-state index in [2.05, 4.69) is 22.9 Å². The highest BCUT2D eigenvalue weighted by molar-refractivity contribution is 5.79. The van der Waals surface area contributed by atoms with E-state index in [1.807, 2.05) is 29.2 Å². The Morgan fingerprint density at radius 2 is 1.93 bits per heavy atom. The molecule has 1 aromatic carbocycles. The molecule has 0 bridgehead atoms. The Bertz CT molecular complexity index is 821. The molecule has 0 aliphatic carbocycles. The summed E-state index contributed by atoms with van der Waals surface area (Å²) in [7, 11) is 0. The van der Waals surface area contributed by atoms with Crippen molar-refractivity contribution in [3.05, 3.63) is 53.9 Å². The number of carbonyl (C=O) groups is 1. The lowest BCUT2D eigenvalue weighted by atomic mass is 10.1. The van der Waals surface area contributed by atoms with Crippen molar-refractivity contribution in [2.45, 2.75) is 26.2 Å². The standard InChI is InChI=1S/C22H26N4O2/c1-2-3-14-28-20-6-4-18(5-7-20)15-22(27)26-12-10-25(11-13-26)21-17-24-9-8-19(21)16-23/h4-9,17H,2-3,10-15H2,1H3. The maximum absolute atomic E-state index is 12.6. The molecule has 2 aromatic rings. The summed E-state index contributed by atoms with van der Waals surface area (Å²) in [4.78, 5) is 20.8. The van der Waals surface area contributed by atoms with Crippen molar-refractivity contribution in [2.24, 2.45) is 0 Å². The Balaban J connectivity index is 1.51. The predicted molar refractivity (Wildman–Crippen MR) is 108 cm³/mol. The van der Waals surface area contributed by atoms with Crippen LogP contribution in [0.4, 0.5) is 5.69 Å². The summed E-state index contributed by atoms with van der Waals surface area (Å²) in [6.07, 6.45) is 5.90. The van der Waals surface area contributed by atoms with Gasteiger partial charge in [-0.2, -0.15) is 5.26 Å². The van der Waals surface area contributed by atoms with Crippen LogP contribution in [-0.2, 0) is 11.2 Å². The summed E-state index contributed by atoms with van der Waals surface area (Å²) < 4.78 is 5.67. The van der Waals surface area contributed by atoms with Crippen LogP contribution in [0, 0.1) is 11.3 Å². The molecule has 146 valence electrons. The van der Waals surface area contributed by atoms with Crippen molar-refractivity contribution < 1.29 is 9.53 Å². The van der Waals surface area contributed by atoms with Crippen LogP contribution in [0.5, 0.6) is 5.75 Å². The van der Waals surface area contributed by atoms with Crippen LogP contribution in [0.3, 0.4) is 0 Å². The molecule has 1 amide bonds. The van der Waals surface area contributed by atoms with Crippen molar-refractivity contribution in [3.8, 4) is 11.8 Å². The first-order valence-corrected chi connectivity index (χ1v) is 9.80. The lowest BCUT2D eigenvalue weighted by Crippen LogP contribution is -2.49. The summed E-state index contributed by atoms with van der Waals surface area (Å²) in [6.45, 7) is 5.57. The highest BCUT2D eigenvalue weighted by Gasteiger charge is 2.22. The molecular weight excluding hydrogens is 352 g/mol. The number of piperazine rings is 1. The Morgan fingerprint density at radius 1 is 1.18 bits per heavy atom. The van der Waals surface area contributed by atoms with E-state index in [-0.39, 0.29) is 5.91 Å². The van der Waals surface area contributed by atoms with Crippen LogP contribution in [0.15, 0.2) is 42.7 Å². The SMILES string of the molecule is CCCCOc1ccc(CC(=O)N2CCN(c3cnccc3C#N)CC2)cc1. The fourth-order valence-electron chi connectivity index (χ4n) is 3.25. The van der Waals surface area contributed by atoms with E-state index in [9.17, 15) is 10.1 Å². The second-order valence-corrected chi connectivity index (χ2v) is 6.90. The molecule has 3 rings (SSSR count). The molecule has 1 fully saturated rings. The quantitative estimate of drug-likeness (QED) is 0.693. The van der Waals surface area contributed by atoms with Crippen LogP contribution in [0.2, 0.25) is 0 Å². The lowest BCUT2D eigenvalue weighted by molar-refractivity contribution is -0.130. The molecule has 0 saturated carbocycles. The third-order valence-electron chi connectivity index (χ3n) is 4.94. The van der Waals surface area contributed by atoms with Gasteiger partial charge >= 0.3 is 0 Å². The molecule has 0 atom stereocenters. The minimum absolute atomic E-state index is 0.131. The molecule has 6 nitrogen and oxygen atoms in total. The number of rotatable bonds is 7. The van der Waals surface area contributed by atoms with Gasteiger partial charge in [0.1, 0.15) is 11.8 Å². The molecule has 0 unspecified atom stereocenters. The number of nitrogens with zero attached hydrogens (tertiary/aromatic N) is 4. The van der Waals surface area contributed by atoms with E-state index < -0.39 is 0 Å². The number of unbranched alkanes of at least 4 members (excludes halogenated alkanes) is 1. The van der Waals surface area contributed by atoms with Gasteiger partial charge in [-0.25, -0.2) is 0 Å². The average Bonchev–Trinajstić information content (AvgIpc) is 2.75. The zero-order valence-electron chi connectivity index (χ0n) is 16.3. The van der Waals surface area contributed by atoms with Crippen LogP contribution in [0.1, 0.15) is 30.9 Å². The van der Waals surface area contributed by atoms with Crippen molar-refractivity contribution in [1.82, 2.24) is 9.88 Å². The Hall–Kier alpha value is -3.07. The zero-order chi connectivity index (χ0) is 19.8. The van der Waals surface area contributed by atoms with Crippen molar-refractivity contribution in [3.63, 3.8) is 0 Å². The molecule has 0 spiro atoms. The molecule has 1 saturated heterocycles. The number of pyridine rings is 1. The Labute approximate surface area is 166 Å². The fraction of sp³-hybridized carbons (Fsp3) is 0.409. The minimum atomic E-state index is 0.131. The first-order chi connectivity index (χ1) is 13.7. The number of carbonyl (C=O) groups excluding carboxylic acids is 1. The second kappa shape index (κ2) is 9.75. The molecular formula is C22H26N4O2. The van der Waals surface area contributed by atoms with Gasteiger partial charge < -0.3 is 14.5 Å². The zero-order valence-corrected chi connectivity index (χ0v) is 16.3. The van der Waals surface area contributed by atoms with Gasteiger partial charge in [0.2, 0.25) is 5.91 Å². The van der Waals surface area contributed by atoms with Crippen molar-refractivity contribution in [2.75, 3.05) is 37.7 Å². The largest absolute Gasteiger partial charge is 0.494 e. The van der Waals surface area contributed by atoms with E-state index in [4.69, 9.17) is 4.74 Å². The third kappa shape index (κ3) is 5.01. The van der Waals surface area contributed by atoms with E-state index in [1.54, 1.807) is 18.5 Å². The van der Waals surface area contributed by atoms with E-state index in [1.165, 1.54) is 0 Å². The molecule has 2 heterocycles. The fourth-order valence-corrected chi connectivity index (χ4v) is 3.25. The summed E-state index contributed by atoms with van der Waals surface area (Å²) in [5.74, 6) is 0.981. The van der Waals surface area contributed by atoms with Crippen LogP contribution in [0.25, 0.3) is 0 Å². The highest BCUT2D eigenvalue weighted by Crippen LogP contribution is 2.20. The van der Waals surface area contributed by atoms with Crippen molar-refractivity contribution >= 4 is 11.6 Å². The summed E-state index contributed by atoms with van der Waals surface area (Å²) in [5, 5.41) is 9.26. The normalized spacial score (nSPS) is 13.9. The smallest absolute Gasteiger partial charge is 0.227 e. The molecule has 0 radical (unpaired) electrons. The van der Waals surface area contributed by atoms with Gasteiger partial charge in [0, 0.05) is 32.4 Å². The number of aromatic nitrogens is 1. The number of anilines is 1.